The molecule has 0 unspecified atom stereocenters. The Morgan fingerprint density at radius 3 is 2.35 bits per heavy atom. The van der Waals surface area contributed by atoms with E-state index in [9.17, 15) is 10.1 Å². The van der Waals surface area contributed by atoms with E-state index in [1.165, 1.54) is 5.56 Å². The number of nitriles is 1. The molecule has 0 atom stereocenters. The lowest BCUT2D eigenvalue weighted by molar-refractivity contribution is -0.128. The number of benzene rings is 1. The zero-order valence-electron chi connectivity index (χ0n) is 15.3. The van der Waals surface area contributed by atoms with Crippen LogP contribution in [0.25, 0.3) is 0 Å². The first kappa shape index (κ1) is 19.5. The van der Waals surface area contributed by atoms with Crippen LogP contribution in [-0.4, -0.2) is 41.9 Å². The highest BCUT2D eigenvalue weighted by Gasteiger charge is 2.25. The number of nitrogens with zero attached hydrogens (tertiary/aromatic N) is 3. The minimum atomic E-state index is -0.177. The first-order chi connectivity index (χ1) is 12.7. The molecule has 0 spiro atoms. The molecule has 0 radical (unpaired) electrons. The Morgan fingerprint density at radius 1 is 1.19 bits per heavy atom. The van der Waals surface area contributed by atoms with Crippen molar-refractivity contribution in [2.24, 2.45) is 5.92 Å². The molecule has 1 aromatic rings. The van der Waals surface area contributed by atoms with Gasteiger partial charge in [0.1, 0.15) is 11.6 Å². The average molecular weight is 349 g/mol. The molecule has 26 heavy (non-hydrogen) atoms. The van der Waals surface area contributed by atoms with Crippen LogP contribution in [0.2, 0.25) is 0 Å². The van der Waals surface area contributed by atoms with E-state index < -0.39 is 0 Å². The molecule has 0 bridgehead atoms. The molecule has 1 aromatic carbocycles. The summed E-state index contributed by atoms with van der Waals surface area (Å²) >= 11 is 0. The third-order valence-electron chi connectivity index (χ3n) is 4.66. The van der Waals surface area contributed by atoms with Gasteiger partial charge in [0.2, 0.25) is 0 Å². The molecule has 0 aliphatic carbocycles. The number of rotatable bonds is 8. The smallest absolute Gasteiger partial charge is 0.266 e. The largest absolute Gasteiger partial charge is 0.369 e. The van der Waals surface area contributed by atoms with Gasteiger partial charge in [-0.1, -0.05) is 42.5 Å². The summed E-state index contributed by atoms with van der Waals surface area (Å²) < 4.78 is 0. The fourth-order valence-electron chi connectivity index (χ4n) is 3.28. The van der Waals surface area contributed by atoms with Crippen LogP contribution in [-0.2, 0) is 11.2 Å². The first-order valence-electron chi connectivity index (χ1n) is 9.09. The number of hydrogen-bond acceptors (Lipinski definition) is 3. The highest BCUT2D eigenvalue weighted by Crippen LogP contribution is 2.22. The Bertz CT molecular complexity index is 669. The van der Waals surface area contributed by atoms with Crippen LogP contribution >= 0.6 is 0 Å². The molecule has 1 fully saturated rings. The Hall–Kier alpha value is -2.80. The molecule has 0 saturated carbocycles. The van der Waals surface area contributed by atoms with Gasteiger partial charge < -0.3 is 9.80 Å². The molecule has 1 amide bonds. The minimum Gasteiger partial charge on any atom is -0.369 e. The molecule has 1 heterocycles. The van der Waals surface area contributed by atoms with Crippen molar-refractivity contribution < 1.29 is 4.79 Å². The zero-order chi connectivity index (χ0) is 18.8. The maximum absolute atomic E-state index is 12.7. The van der Waals surface area contributed by atoms with Gasteiger partial charge in [0, 0.05) is 32.4 Å². The van der Waals surface area contributed by atoms with E-state index in [0.717, 1.165) is 19.3 Å². The molecule has 2 rings (SSSR count). The molecule has 4 heteroatoms. The second-order valence-electron chi connectivity index (χ2n) is 6.61. The summed E-state index contributed by atoms with van der Waals surface area (Å²) in [6, 6.07) is 12.5. The van der Waals surface area contributed by atoms with Crippen molar-refractivity contribution >= 4 is 5.91 Å². The Kier molecular flexibility index (Phi) is 7.70. The lowest BCUT2D eigenvalue weighted by atomic mass is 9.90. The van der Waals surface area contributed by atoms with Gasteiger partial charge in [0.25, 0.3) is 5.91 Å². The standard InChI is InChI=1S/C22H27N3O/c1-3-12-24(13-4-2)18-21(17-23)22(26)25-14-10-20(11-15-25)16-19-8-6-5-7-9-19/h3-9,18,20H,1-2,10-16H2/b21-18-. The van der Waals surface area contributed by atoms with Crippen molar-refractivity contribution in [2.45, 2.75) is 19.3 Å². The molecule has 1 aliphatic heterocycles. The van der Waals surface area contributed by atoms with Crippen LogP contribution in [0.1, 0.15) is 18.4 Å². The van der Waals surface area contributed by atoms with E-state index in [-0.39, 0.29) is 11.5 Å². The fourth-order valence-corrected chi connectivity index (χ4v) is 3.28. The van der Waals surface area contributed by atoms with Crippen LogP contribution in [0.4, 0.5) is 0 Å². The predicted molar refractivity (Wildman–Crippen MR) is 105 cm³/mol. The minimum absolute atomic E-state index is 0.176. The molecule has 0 aromatic heterocycles. The monoisotopic (exact) mass is 349 g/mol. The van der Waals surface area contributed by atoms with Gasteiger partial charge in [0.15, 0.2) is 0 Å². The SMILES string of the molecule is C=CCN(/C=C(/C#N)C(=O)N1CCC(Cc2ccccc2)CC1)CC=C. The molecule has 1 saturated heterocycles. The summed E-state index contributed by atoms with van der Waals surface area (Å²) in [5, 5.41) is 9.42. The van der Waals surface area contributed by atoms with E-state index >= 15 is 0 Å². The van der Waals surface area contributed by atoms with Crippen LogP contribution in [0.5, 0.6) is 0 Å². The van der Waals surface area contributed by atoms with Gasteiger partial charge in [-0.05, 0) is 30.7 Å². The van der Waals surface area contributed by atoms with Crippen LogP contribution in [0.3, 0.4) is 0 Å². The third-order valence-corrected chi connectivity index (χ3v) is 4.66. The fraction of sp³-hybridized carbons (Fsp3) is 0.364. The topological polar surface area (TPSA) is 47.3 Å². The average Bonchev–Trinajstić information content (AvgIpc) is 2.67. The third kappa shape index (κ3) is 5.63. The highest BCUT2D eigenvalue weighted by atomic mass is 16.2. The van der Waals surface area contributed by atoms with E-state index in [1.807, 2.05) is 11.0 Å². The van der Waals surface area contributed by atoms with E-state index in [0.29, 0.717) is 32.1 Å². The number of amides is 1. The van der Waals surface area contributed by atoms with E-state index in [4.69, 9.17) is 0 Å². The lowest BCUT2D eigenvalue weighted by Gasteiger charge is -2.32. The second kappa shape index (κ2) is 10.2. The van der Waals surface area contributed by atoms with Crippen LogP contribution < -0.4 is 0 Å². The second-order valence-corrected chi connectivity index (χ2v) is 6.61. The number of carbonyl (C=O) groups is 1. The van der Waals surface area contributed by atoms with E-state index in [1.54, 1.807) is 23.3 Å². The molecular formula is C22H27N3O. The summed E-state index contributed by atoms with van der Waals surface area (Å²) in [5.74, 6) is 0.415. The van der Waals surface area contributed by atoms with Gasteiger partial charge in [0.05, 0.1) is 0 Å². The normalized spacial score (nSPS) is 15.2. The van der Waals surface area contributed by atoms with Gasteiger partial charge in [-0.3, -0.25) is 4.79 Å². The summed E-state index contributed by atoms with van der Waals surface area (Å²) in [7, 11) is 0. The Balaban J connectivity index is 1.94. The number of piperidine rings is 1. The van der Waals surface area contributed by atoms with Crippen molar-refractivity contribution in [2.75, 3.05) is 26.2 Å². The van der Waals surface area contributed by atoms with Gasteiger partial charge in [-0.2, -0.15) is 5.26 Å². The molecular weight excluding hydrogens is 322 g/mol. The maximum Gasteiger partial charge on any atom is 0.266 e. The molecule has 1 aliphatic rings. The van der Waals surface area contributed by atoms with Crippen molar-refractivity contribution in [3.63, 3.8) is 0 Å². The first-order valence-corrected chi connectivity index (χ1v) is 9.09. The molecule has 4 nitrogen and oxygen atoms in total. The van der Waals surface area contributed by atoms with Crippen molar-refractivity contribution in [3.8, 4) is 6.07 Å². The number of hydrogen-bond donors (Lipinski definition) is 0. The van der Waals surface area contributed by atoms with Crippen molar-refractivity contribution in [1.29, 1.82) is 5.26 Å². The van der Waals surface area contributed by atoms with Gasteiger partial charge >= 0.3 is 0 Å². The lowest BCUT2D eigenvalue weighted by Crippen LogP contribution is -2.40. The predicted octanol–water partition coefficient (Wildman–Crippen LogP) is 3.55. The number of likely N-dealkylation sites (tertiary alicyclic amines) is 1. The van der Waals surface area contributed by atoms with Crippen LogP contribution in [0.15, 0.2) is 67.4 Å². The summed E-state index contributed by atoms with van der Waals surface area (Å²) in [4.78, 5) is 16.4. The quantitative estimate of drug-likeness (QED) is 0.410. The highest BCUT2D eigenvalue weighted by molar-refractivity contribution is 5.97. The van der Waals surface area contributed by atoms with E-state index in [2.05, 4.69) is 43.5 Å². The summed E-state index contributed by atoms with van der Waals surface area (Å²) in [5.41, 5.74) is 1.52. The van der Waals surface area contributed by atoms with Gasteiger partial charge in [-0.25, -0.2) is 0 Å². The van der Waals surface area contributed by atoms with Gasteiger partial charge in [-0.15, -0.1) is 13.2 Å². The Morgan fingerprint density at radius 2 is 1.81 bits per heavy atom. The number of carbonyl (C=O) groups excluding carboxylic acids is 1. The molecule has 0 N–H and O–H groups in total. The zero-order valence-corrected chi connectivity index (χ0v) is 15.3. The summed E-state index contributed by atoms with van der Waals surface area (Å²) in [6.07, 6.45) is 8.12. The summed E-state index contributed by atoms with van der Waals surface area (Å²) in [6.45, 7) is 9.98. The van der Waals surface area contributed by atoms with Crippen molar-refractivity contribution in [3.05, 3.63) is 73.0 Å². The molecule has 136 valence electrons. The van der Waals surface area contributed by atoms with Crippen LogP contribution in [0, 0.1) is 17.2 Å². The maximum atomic E-state index is 12.7. The van der Waals surface area contributed by atoms with Crippen molar-refractivity contribution in [1.82, 2.24) is 9.80 Å². The Labute approximate surface area is 156 Å².